The summed E-state index contributed by atoms with van der Waals surface area (Å²) in [6, 6.07) is 6.76. The van der Waals surface area contributed by atoms with E-state index in [1.165, 1.54) is 13.4 Å². The SMILES string of the molecule is COC(=O)C1CN(c2ccc(S(C)(=O)=O)cc2)CC1C. The molecular formula is C14H19NO4S. The number of methoxy groups -OCH3 is 1. The molecule has 1 fully saturated rings. The van der Waals surface area contributed by atoms with Crippen LogP contribution >= 0.6 is 0 Å². The molecule has 1 saturated heterocycles. The van der Waals surface area contributed by atoms with Crippen molar-refractivity contribution in [1.29, 1.82) is 0 Å². The van der Waals surface area contributed by atoms with Gasteiger partial charge in [-0.2, -0.15) is 0 Å². The van der Waals surface area contributed by atoms with Crippen molar-refractivity contribution in [3.8, 4) is 0 Å². The third-order valence-corrected chi connectivity index (χ3v) is 4.87. The van der Waals surface area contributed by atoms with Crippen LogP contribution in [-0.4, -0.2) is 40.8 Å². The van der Waals surface area contributed by atoms with E-state index >= 15 is 0 Å². The lowest BCUT2D eigenvalue weighted by Gasteiger charge is -2.18. The Hall–Kier alpha value is -1.56. The third kappa shape index (κ3) is 2.95. The van der Waals surface area contributed by atoms with Gasteiger partial charge in [-0.05, 0) is 30.2 Å². The second-order valence-corrected chi connectivity index (χ2v) is 7.29. The Kier molecular flexibility index (Phi) is 4.04. The molecule has 0 radical (unpaired) electrons. The van der Waals surface area contributed by atoms with Gasteiger partial charge in [0, 0.05) is 25.0 Å². The summed E-state index contributed by atoms with van der Waals surface area (Å²) in [4.78, 5) is 14.0. The van der Waals surface area contributed by atoms with Gasteiger partial charge in [0.2, 0.25) is 0 Å². The van der Waals surface area contributed by atoms with Gasteiger partial charge < -0.3 is 9.64 Å². The van der Waals surface area contributed by atoms with Gasteiger partial charge in [-0.1, -0.05) is 6.92 Å². The molecule has 2 atom stereocenters. The normalized spacial score (nSPS) is 22.9. The summed E-state index contributed by atoms with van der Waals surface area (Å²) in [7, 11) is -1.77. The lowest BCUT2D eigenvalue weighted by Crippen LogP contribution is -2.24. The fourth-order valence-electron chi connectivity index (χ4n) is 2.54. The highest BCUT2D eigenvalue weighted by molar-refractivity contribution is 7.90. The van der Waals surface area contributed by atoms with Crippen molar-refractivity contribution in [1.82, 2.24) is 0 Å². The molecule has 0 N–H and O–H groups in total. The average Bonchev–Trinajstić information content (AvgIpc) is 2.79. The van der Waals surface area contributed by atoms with Gasteiger partial charge in [0.15, 0.2) is 9.84 Å². The molecular weight excluding hydrogens is 278 g/mol. The fraction of sp³-hybridized carbons (Fsp3) is 0.500. The van der Waals surface area contributed by atoms with Crippen LogP contribution in [0.25, 0.3) is 0 Å². The minimum absolute atomic E-state index is 0.130. The highest BCUT2D eigenvalue weighted by atomic mass is 32.2. The van der Waals surface area contributed by atoms with E-state index in [9.17, 15) is 13.2 Å². The van der Waals surface area contributed by atoms with E-state index < -0.39 is 9.84 Å². The number of rotatable bonds is 3. The van der Waals surface area contributed by atoms with Crippen LogP contribution in [0.15, 0.2) is 29.2 Å². The Labute approximate surface area is 119 Å². The van der Waals surface area contributed by atoms with Crippen LogP contribution in [0, 0.1) is 11.8 Å². The Morgan fingerprint density at radius 1 is 1.25 bits per heavy atom. The van der Waals surface area contributed by atoms with E-state index in [-0.39, 0.29) is 17.8 Å². The zero-order valence-electron chi connectivity index (χ0n) is 11.9. The van der Waals surface area contributed by atoms with E-state index in [2.05, 4.69) is 4.90 Å². The van der Waals surface area contributed by atoms with Crippen molar-refractivity contribution in [3.05, 3.63) is 24.3 Å². The first-order valence-electron chi connectivity index (χ1n) is 6.46. The molecule has 0 amide bonds. The van der Waals surface area contributed by atoms with Crippen LogP contribution in [0.1, 0.15) is 6.92 Å². The number of benzene rings is 1. The van der Waals surface area contributed by atoms with Crippen molar-refractivity contribution >= 4 is 21.5 Å². The summed E-state index contributed by atoms with van der Waals surface area (Å²) >= 11 is 0. The topological polar surface area (TPSA) is 63.7 Å². The first kappa shape index (κ1) is 14.8. The second kappa shape index (κ2) is 5.44. The molecule has 0 aromatic heterocycles. The standard InChI is InChI=1S/C14H19NO4S/c1-10-8-15(9-13(10)14(16)19-2)11-4-6-12(7-5-11)20(3,17)18/h4-7,10,13H,8-9H2,1-3H3. The predicted octanol–water partition coefficient (Wildman–Crippen LogP) is 1.34. The quantitative estimate of drug-likeness (QED) is 0.788. The molecule has 5 nitrogen and oxygen atoms in total. The number of hydrogen-bond acceptors (Lipinski definition) is 5. The van der Waals surface area contributed by atoms with Crippen LogP contribution in [0.3, 0.4) is 0 Å². The molecule has 1 heterocycles. The van der Waals surface area contributed by atoms with Gasteiger partial charge in [-0.15, -0.1) is 0 Å². The van der Waals surface area contributed by atoms with Gasteiger partial charge in [-0.25, -0.2) is 8.42 Å². The van der Waals surface area contributed by atoms with Crippen LogP contribution < -0.4 is 4.90 Å². The monoisotopic (exact) mass is 297 g/mol. The molecule has 1 aliphatic rings. The number of carbonyl (C=O) groups is 1. The maximum absolute atomic E-state index is 11.7. The van der Waals surface area contributed by atoms with Crippen LogP contribution in [0.2, 0.25) is 0 Å². The number of sulfone groups is 1. The lowest BCUT2D eigenvalue weighted by atomic mass is 9.99. The van der Waals surface area contributed by atoms with E-state index in [1.807, 2.05) is 6.92 Å². The highest BCUT2D eigenvalue weighted by Gasteiger charge is 2.35. The van der Waals surface area contributed by atoms with Gasteiger partial charge in [0.25, 0.3) is 0 Å². The maximum Gasteiger partial charge on any atom is 0.310 e. The molecule has 1 aromatic rings. The molecule has 0 spiro atoms. The summed E-state index contributed by atoms with van der Waals surface area (Å²) in [5, 5.41) is 0. The molecule has 1 aromatic carbocycles. The first-order valence-corrected chi connectivity index (χ1v) is 8.35. The molecule has 0 saturated carbocycles. The number of hydrogen-bond donors (Lipinski definition) is 0. The zero-order valence-corrected chi connectivity index (χ0v) is 12.7. The molecule has 6 heteroatoms. The van der Waals surface area contributed by atoms with Gasteiger partial charge in [-0.3, -0.25) is 4.79 Å². The van der Waals surface area contributed by atoms with Gasteiger partial charge >= 0.3 is 5.97 Å². The smallest absolute Gasteiger partial charge is 0.310 e. The largest absolute Gasteiger partial charge is 0.469 e. The van der Waals surface area contributed by atoms with Crippen LogP contribution in [0.4, 0.5) is 5.69 Å². The predicted molar refractivity (Wildman–Crippen MR) is 76.4 cm³/mol. The second-order valence-electron chi connectivity index (χ2n) is 5.28. The molecule has 2 unspecified atom stereocenters. The summed E-state index contributed by atoms with van der Waals surface area (Å²) in [5.41, 5.74) is 0.927. The Balaban J connectivity index is 2.16. The molecule has 0 aliphatic carbocycles. The van der Waals surface area contributed by atoms with E-state index in [4.69, 9.17) is 4.74 Å². The minimum Gasteiger partial charge on any atom is -0.469 e. The summed E-state index contributed by atoms with van der Waals surface area (Å²) in [6.07, 6.45) is 1.19. The number of anilines is 1. The van der Waals surface area contributed by atoms with Crippen LogP contribution in [-0.2, 0) is 19.4 Å². The molecule has 0 bridgehead atoms. The van der Waals surface area contributed by atoms with Crippen molar-refractivity contribution < 1.29 is 17.9 Å². The van der Waals surface area contributed by atoms with E-state index in [1.54, 1.807) is 24.3 Å². The third-order valence-electron chi connectivity index (χ3n) is 3.75. The summed E-state index contributed by atoms with van der Waals surface area (Å²) in [6.45, 7) is 3.39. The summed E-state index contributed by atoms with van der Waals surface area (Å²) in [5.74, 6) is -0.0978. The first-order chi connectivity index (χ1) is 9.32. The van der Waals surface area contributed by atoms with Gasteiger partial charge in [0.1, 0.15) is 0 Å². The Morgan fingerprint density at radius 3 is 2.35 bits per heavy atom. The number of ether oxygens (including phenoxy) is 1. The van der Waals surface area contributed by atoms with Crippen LogP contribution in [0.5, 0.6) is 0 Å². The van der Waals surface area contributed by atoms with E-state index in [0.717, 1.165) is 12.2 Å². The Morgan fingerprint density at radius 2 is 1.85 bits per heavy atom. The van der Waals surface area contributed by atoms with Gasteiger partial charge in [0.05, 0.1) is 17.9 Å². The fourth-order valence-corrected chi connectivity index (χ4v) is 3.17. The molecule has 2 rings (SSSR count). The highest BCUT2D eigenvalue weighted by Crippen LogP contribution is 2.29. The lowest BCUT2D eigenvalue weighted by molar-refractivity contribution is -0.145. The Bertz CT molecular complexity index is 594. The molecule has 1 aliphatic heterocycles. The zero-order chi connectivity index (χ0) is 14.9. The minimum atomic E-state index is -3.17. The van der Waals surface area contributed by atoms with Crippen molar-refractivity contribution in [2.45, 2.75) is 11.8 Å². The van der Waals surface area contributed by atoms with E-state index in [0.29, 0.717) is 11.4 Å². The average molecular weight is 297 g/mol. The van der Waals surface area contributed by atoms with Crippen molar-refractivity contribution in [3.63, 3.8) is 0 Å². The van der Waals surface area contributed by atoms with Crippen molar-refractivity contribution in [2.75, 3.05) is 31.4 Å². The van der Waals surface area contributed by atoms with Crippen molar-refractivity contribution in [2.24, 2.45) is 11.8 Å². The molecule has 20 heavy (non-hydrogen) atoms. The molecule has 110 valence electrons. The number of carbonyl (C=O) groups excluding carboxylic acids is 1. The number of nitrogens with zero attached hydrogens (tertiary/aromatic N) is 1. The summed E-state index contributed by atoms with van der Waals surface area (Å²) < 4.78 is 27.7. The maximum atomic E-state index is 11.7. The number of esters is 1.